The molecule has 0 atom stereocenters. The molecule has 0 amide bonds. The van der Waals surface area contributed by atoms with Crippen LogP contribution in [-0.2, 0) is 14.4 Å². The normalized spacial score (nSPS) is 11.8. The molecule has 7 heteroatoms. The number of aliphatic carboxylic acids is 3. The third-order valence-electron chi connectivity index (χ3n) is 6.22. The first kappa shape index (κ1) is 31.1. The molecule has 0 aromatic heterocycles. The summed E-state index contributed by atoms with van der Waals surface area (Å²) in [4.78, 5) is 32.8. The van der Waals surface area contributed by atoms with Crippen molar-refractivity contribution in [3.63, 3.8) is 0 Å². The lowest BCUT2D eigenvalue weighted by Gasteiger charge is -2.39. The summed E-state index contributed by atoms with van der Waals surface area (Å²) in [5.74, 6) is -2.79. The zero-order valence-electron chi connectivity index (χ0n) is 20.8. The molecule has 0 bridgehead atoms. The number of carboxylic acid groups (broad SMARTS) is 3. The highest BCUT2D eigenvalue weighted by Gasteiger charge is 2.26. The van der Waals surface area contributed by atoms with Crippen molar-refractivity contribution in [3.8, 4) is 0 Å². The summed E-state index contributed by atoms with van der Waals surface area (Å²) in [7, 11) is 0. The Balaban J connectivity index is 4.61. The minimum Gasteiger partial charge on any atom is -0.550 e. The van der Waals surface area contributed by atoms with E-state index in [1.165, 1.54) is 51.4 Å². The Morgan fingerprint density at radius 2 is 1.09 bits per heavy atom. The number of quaternary nitrogens is 1. The molecular weight excluding hydrogens is 422 g/mol. The molecule has 0 rings (SSSR count). The van der Waals surface area contributed by atoms with Gasteiger partial charge in [0.1, 0.15) is 0 Å². The van der Waals surface area contributed by atoms with E-state index in [4.69, 9.17) is 10.2 Å². The van der Waals surface area contributed by atoms with Crippen LogP contribution in [0, 0.1) is 0 Å². The van der Waals surface area contributed by atoms with E-state index in [0.29, 0.717) is 43.4 Å². The Bertz CT molecular complexity index is 511. The topological polar surface area (TPSA) is 115 Å². The van der Waals surface area contributed by atoms with Crippen molar-refractivity contribution in [2.45, 2.75) is 110 Å². The highest BCUT2D eigenvalue weighted by Crippen LogP contribution is 2.17. The lowest BCUT2D eigenvalue weighted by atomic mass is 10.1. The number of unbranched alkanes of at least 4 members (excludes halogenated alkanes) is 8. The maximum absolute atomic E-state index is 11.0. The van der Waals surface area contributed by atoms with Gasteiger partial charge in [0.2, 0.25) is 0 Å². The van der Waals surface area contributed by atoms with Gasteiger partial charge in [-0.25, -0.2) is 0 Å². The van der Waals surface area contributed by atoms with Crippen LogP contribution in [-0.4, -0.2) is 58.8 Å². The Morgan fingerprint density at radius 1 is 0.636 bits per heavy atom. The average molecular weight is 470 g/mol. The molecule has 0 aliphatic carbocycles. The molecule has 0 radical (unpaired) electrons. The number of allylic oxidation sites excluding steroid dienone is 1. The van der Waals surface area contributed by atoms with E-state index < -0.39 is 17.9 Å². The van der Waals surface area contributed by atoms with Crippen LogP contribution in [0.4, 0.5) is 0 Å². The van der Waals surface area contributed by atoms with Gasteiger partial charge in [0.15, 0.2) is 0 Å². The first-order valence-corrected chi connectivity index (χ1v) is 12.9. The highest BCUT2D eigenvalue weighted by molar-refractivity contribution is 5.66. The minimum absolute atomic E-state index is 0.0356. The van der Waals surface area contributed by atoms with Crippen molar-refractivity contribution in [2.75, 3.05) is 26.2 Å². The predicted octanol–water partition coefficient (Wildman–Crippen LogP) is 4.54. The SMILES string of the molecule is CCCCCCCCCC/C=C/CC[N+](CCCC(=O)[O-])(CCCC(=O)O)CCCC(=O)O. The molecule has 7 nitrogen and oxygen atoms in total. The molecule has 0 saturated heterocycles. The van der Waals surface area contributed by atoms with Gasteiger partial charge in [0.05, 0.1) is 39.0 Å². The van der Waals surface area contributed by atoms with E-state index >= 15 is 0 Å². The molecule has 0 unspecified atom stereocenters. The van der Waals surface area contributed by atoms with Crippen LogP contribution < -0.4 is 5.11 Å². The fraction of sp³-hybridized carbons (Fsp3) is 0.808. The van der Waals surface area contributed by atoms with Crippen molar-refractivity contribution in [1.82, 2.24) is 0 Å². The first-order valence-electron chi connectivity index (χ1n) is 12.9. The molecule has 0 saturated carbocycles. The number of hydrogen-bond acceptors (Lipinski definition) is 4. The standard InChI is InChI=1S/C26H47NO6/c1-2-3-4-5-6-7-8-9-10-11-12-13-20-27(21-14-17-24(28)29,22-15-18-25(30)31)23-16-19-26(32)33/h11-12H,2-10,13-23H2,1H3,(H2-,28,29,30,31,32,33)/b12-11+. The largest absolute Gasteiger partial charge is 0.550 e. The summed E-state index contributed by atoms with van der Waals surface area (Å²) in [6, 6.07) is 0. The third kappa shape index (κ3) is 20.4. The molecule has 2 N–H and O–H groups in total. The molecule has 0 heterocycles. The monoisotopic (exact) mass is 469 g/mol. The average Bonchev–Trinajstić information content (AvgIpc) is 2.73. The summed E-state index contributed by atoms with van der Waals surface area (Å²) < 4.78 is 0.565. The van der Waals surface area contributed by atoms with Gasteiger partial charge in [-0.15, -0.1) is 0 Å². The molecule has 0 aliphatic rings. The summed E-state index contributed by atoms with van der Waals surface area (Å²) in [6.45, 7) is 4.82. The Hall–Kier alpha value is -1.89. The van der Waals surface area contributed by atoms with Crippen LogP contribution in [0.15, 0.2) is 12.2 Å². The summed E-state index contributed by atoms with van der Waals surface area (Å²) in [5, 5.41) is 28.9. The maximum atomic E-state index is 11.0. The van der Waals surface area contributed by atoms with Gasteiger partial charge in [-0.2, -0.15) is 0 Å². The lowest BCUT2D eigenvalue weighted by molar-refractivity contribution is -0.928. The third-order valence-corrected chi connectivity index (χ3v) is 6.22. The first-order chi connectivity index (χ1) is 15.8. The van der Waals surface area contributed by atoms with Crippen LogP contribution in [0.5, 0.6) is 0 Å². The zero-order valence-corrected chi connectivity index (χ0v) is 20.8. The second-order valence-corrected chi connectivity index (χ2v) is 9.23. The van der Waals surface area contributed by atoms with Gasteiger partial charge < -0.3 is 24.6 Å². The number of nitrogens with zero attached hydrogens (tertiary/aromatic N) is 1. The number of carbonyl (C=O) groups is 3. The van der Waals surface area contributed by atoms with E-state index in [1.54, 1.807) is 0 Å². The van der Waals surface area contributed by atoms with E-state index in [-0.39, 0.29) is 19.3 Å². The van der Waals surface area contributed by atoms with Gasteiger partial charge >= 0.3 is 11.9 Å². The predicted molar refractivity (Wildman–Crippen MR) is 129 cm³/mol. The Morgan fingerprint density at radius 3 is 1.58 bits per heavy atom. The van der Waals surface area contributed by atoms with Crippen molar-refractivity contribution in [1.29, 1.82) is 0 Å². The van der Waals surface area contributed by atoms with E-state index in [9.17, 15) is 19.5 Å². The molecule has 0 fully saturated rings. The Labute approximate surface area is 200 Å². The molecule has 192 valence electrons. The zero-order chi connectivity index (χ0) is 24.8. The number of rotatable bonds is 24. The van der Waals surface area contributed by atoms with Crippen LogP contribution in [0.1, 0.15) is 110 Å². The highest BCUT2D eigenvalue weighted by atomic mass is 16.4. The molecular formula is C26H47NO6. The lowest BCUT2D eigenvalue weighted by Crippen LogP contribution is -2.51. The van der Waals surface area contributed by atoms with Gasteiger partial charge in [0.25, 0.3) is 0 Å². The number of hydrogen-bond donors (Lipinski definition) is 2. The van der Waals surface area contributed by atoms with Crippen LogP contribution in [0.3, 0.4) is 0 Å². The van der Waals surface area contributed by atoms with Crippen molar-refractivity contribution >= 4 is 17.9 Å². The molecule has 33 heavy (non-hydrogen) atoms. The van der Waals surface area contributed by atoms with Crippen LogP contribution in [0.25, 0.3) is 0 Å². The maximum Gasteiger partial charge on any atom is 0.303 e. The van der Waals surface area contributed by atoms with Gasteiger partial charge in [-0.05, 0) is 19.3 Å². The van der Waals surface area contributed by atoms with E-state index in [2.05, 4.69) is 19.1 Å². The van der Waals surface area contributed by atoms with E-state index in [0.717, 1.165) is 19.4 Å². The van der Waals surface area contributed by atoms with Crippen LogP contribution >= 0.6 is 0 Å². The summed E-state index contributed by atoms with van der Waals surface area (Å²) >= 11 is 0. The smallest absolute Gasteiger partial charge is 0.303 e. The van der Waals surface area contributed by atoms with Gasteiger partial charge in [0, 0.05) is 31.7 Å². The van der Waals surface area contributed by atoms with Crippen molar-refractivity contribution in [3.05, 3.63) is 12.2 Å². The molecule has 0 aromatic rings. The Kier molecular flexibility index (Phi) is 19.5. The minimum atomic E-state index is -1.09. The molecule has 0 aliphatic heterocycles. The summed E-state index contributed by atoms with van der Waals surface area (Å²) in [6.07, 6.45) is 18.1. The number of carbonyl (C=O) groups excluding carboxylic acids is 1. The van der Waals surface area contributed by atoms with Crippen molar-refractivity contribution < 1.29 is 34.2 Å². The van der Waals surface area contributed by atoms with Crippen LogP contribution in [0.2, 0.25) is 0 Å². The van der Waals surface area contributed by atoms with E-state index in [1.807, 2.05) is 0 Å². The summed E-state index contributed by atoms with van der Waals surface area (Å²) in [5.41, 5.74) is 0. The quantitative estimate of drug-likeness (QED) is 0.122. The van der Waals surface area contributed by atoms with Gasteiger partial charge in [-0.1, -0.05) is 64.0 Å². The van der Waals surface area contributed by atoms with Gasteiger partial charge in [-0.3, -0.25) is 9.59 Å². The fourth-order valence-corrected chi connectivity index (χ4v) is 4.34. The molecule has 0 spiro atoms. The second kappa shape index (κ2) is 20.7. The molecule has 0 aromatic carbocycles. The van der Waals surface area contributed by atoms with Crippen molar-refractivity contribution in [2.24, 2.45) is 0 Å². The number of carboxylic acids is 3. The second-order valence-electron chi connectivity index (χ2n) is 9.23. The fourth-order valence-electron chi connectivity index (χ4n) is 4.34.